The molecule has 1 fully saturated rings. The third kappa shape index (κ3) is 3.64. The monoisotopic (exact) mass is 343 g/mol. The second-order valence-corrected chi connectivity index (χ2v) is 6.25. The van der Waals surface area contributed by atoms with E-state index in [4.69, 9.17) is 9.15 Å². The normalized spacial score (nSPS) is 18.8. The molecule has 0 spiro atoms. The van der Waals surface area contributed by atoms with Crippen molar-refractivity contribution in [3.8, 4) is 0 Å². The maximum Gasteiger partial charge on any atom is 0.419 e. The molecule has 1 aliphatic rings. The maximum atomic E-state index is 12.0. The van der Waals surface area contributed by atoms with Crippen molar-refractivity contribution in [2.75, 3.05) is 26.2 Å². The van der Waals surface area contributed by atoms with Crippen LogP contribution in [0.2, 0.25) is 0 Å². The number of rotatable bonds is 6. The van der Waals surface area contributed by atoms with Gasteiger partial charge in [-0.2, -0.15) is 5.10 Å². The first kappa shape index (κ1) is 16.0. The van der Waals surface area contributed by atoms with Gasteiger partial charge in [-0.25, -0.2) is 9.78 Å². The van der Waals surface area contributed by atoms with E-state index < -0.39 is 0 Å². The number of benzene rings is 1. The van der Waals surface area contributed by atoms with E-state index in [9.17, 15) is 4.79 Å². The molecule has 0 aliphatic carbocycles. The van der Waals surface area contributed by atoms with Crippen molar-refractivity contribution in [2.24, 2.45) is 0 Å². The fraction of sp³-hybridized carbons (Fsp3) is 0.471. The van der Waals surface area contributed by atoms with E-state index in [0.29, 0.717) is 25.3 Å². The summed E-state index contributed by atoms with van der Waals surface area (Å²) in [4.78, 5) is 18.3. The van der Waals surface area contributed by atoms with Crippen molar-refractivity contribution in [3.63, 3.8) is 0 Å². The summed E-state index contributed by atoms with van der Waals surface area (Å²) in [6.07, 6.45) is 4.25. The molecule has 0 radical (unpaired) electrons. The molecule has 1 atom stereocenters. The Hall–Kier alpha value is -2.45. The molecule has 0 saturated carbocycles. The highest BCUT2D eigenvalue weighted by atomic mass is 16.5. The van der Waals surface area contributed by atoms with Crippen LogP contribution in [0, 0.1) is 0 Å². The summed E-state index contributed by atoms with van der Waals surface area (Å²) >= 11 is 0. The molecule has 0 N–H and O–H groups in total. The van der Waals surface area contributed by atoms with Crippen LogP contribution in [-0.4, -0.2) is 56.6 Å². The zero-order chi connectivity index (χ0) is 17.1. The quantitative estimate of drug-likeness (QED) is 0.664. The highest BCUT2D eigenvalue weighted by molar-refractivity contribution is 5.72. The summed E-state index contributed by atoms with van der Waals surface area (Å²) in [5.74, 6) is -0.285. The Morgan fingerprint density at radius 1 is 1.24 bits per heavy atom. The first-order chi connectivity index (χ1) is 12.3. The fourth-order valence-electron chi connectivity index (χ4n) is 3.31. The molecule has 1 aliphatic heterocycles. The Kier molecular flexibility index (Phi) is 4.62. The summed E-state index contributed by atoms with van der Waals surface area (Å²) < 4.78 is 14.6. The summed E-state index contributed by atoms with van der Waals surface area (Å²) in [5, 5.41) is 4.13. The maximum absolute atomic E-state index is 12.0. The Balaban J connectivity index is 1.32. The predicted octanol–water partition coefficient (Wildman–Crippen LogP) is 0.977. The van der Waals surface area contributed by atoms with Gasteiger partial charge in [-0.1, -0.05) is 12.1 Å². The lowest BCUT2D eigenvalue weighted by Gasteiger charge is -2.32. The van der Waals surface area contributed by atoms with Crippen molar-refractivity contribution >= 4 is 11.1 Å². The molecular formula is C17H21N5O3. The molecule has 8 nitrogen and oxygen atoms in total. The standard InChI is InChI=1S/C17H21N5O3/c23-17-22(15-4-1-2-5-16(15)25-17)7-3-6-20-8-9-24-14(10-20)11-21-13-18-12-19-21/h1-2,4-5,12-14H,3,6-11H2. The van der Waals surface area contributed by atoms with Crippen LogP contribution < -0.4 is 5.76 Å². The average molecular weight is 343 g/mol. The van der Waals surface area contributed by atoms with Crippen molar-refractivity contribution < 1.29 is 9.15 Å². The summed E-state index contributed by atoms with van der Waals surface area (Å²) in [5.41, 5.74) is 1.50. The Morgan fingerprint density at radius 2 is 2.16 bits per heavy atom. The van der Waals surface area contributed by atoms with Gasteiger partial charge in [0, 0.05) is 26.2 Å². The highest BCUT2D eigenvalue weighted by Crippen LogP contribution is 2.13. The van der Waals surface area contributed by atoms with E-state index in [1.54, 1.807) is 15.6 Å². The van der Waals surface area contributed by atoms with Crippen LogP contribution in [0.5, 0.6) is 0 Å². The number of hydrogen-bond acceptors (Lipinski definition) is 6. The largest absolute Gasteiger partial charge is 0.419 e. The average Bonchev–Trinajstić information content (AvgIpc) is 3.23. The number of hydrogen-bond donors (Lipinski definition) is 0. The van der Waals surface area contributed by atoms with E-state index >= 15 is 0 Å². The zero-order valence-corrected chi connectivity index (χ0v) is 14.0. The van der Waals surface area contributed by atoms with Gasteiger partial charge >= 0.3 is 5.76 Å². The van der Waals surface area contributed by atoms with E-state index in [1.165, 1.54) is 6.33 Å². The fourth-order valence-corrected chi connectivity index (χ4v) is 3.31. The minimum atomic E-state index is -0.285. The van der Waals surface area contributed by atoms with Crippen LogP contribution >= 0.6 is 0 Å². The molecule has 2 aromatic heterocycles. The van der Waals surface area contributed by atoms with Crippen molar-refractivity contribution in [1.29, 1.82) is 0 Å². The molecule has 1 saturated heterocycles. The summed E-state index contributed by atoms with van der Waals surface area (Å²) in [7, 11) is 0. The summed E-state index contributed by atoms with van der Waals surface area (Å²) in [6, 6.07) is 7.54. The molecule has 132 valence electrons. The molecule has 0 bridgehead atoms. The number of ether oxygens (including phenoxy) is 1. The van der Waals surface area contributed by atoms with Gasteiger partial charge in [-0.05, 0) is 18.6 Å². The van der Waals surface area contributed by atoms with Gasteiger partial charge in [0.15, 0.2) is 5.58 Å². The van der Waals surface area contributed by atoms with Gasteiger partial charge in [-0.3, -0.25) is 14.1 Å². The van der Waals surface area contributed by atoms with Gasteiger partial charge in [0.05, 0.1) is 24.8 Å². The van der Waals surface area contributed by atoms with E-state index in [1.807, 2.05) is 24.3 Å². The Morgan fingerprint density at radius 3 is 3.04 bits per heavy atom. The van der Waals surface area contributed by atoms with Gasteiger partial charge < -0.3 is 9.15 Å². The lowest BCUT2D eigenvalue weighted by atomic mass is 10.2. The van der Waals surface area contributed by atoms with Gasteiger partial charge in [0.2, 0.25) is 0 Å². The van der Waals surface area contributed by atoms with Crippen LogP contribution in [-0.2, 0) is 17.8 Å². The molecule has 4 rings (SSSR count). The van der Waals surface area contributed by atoms with Crippen LogP contribution in [0.3, 0.4) is 0 Å². The molecule has 3 aromatic rings. The molecule has 1 aromatic carbocycles. The molecule has 8 heteroatoms. The second-order valence-electron chi connectivity index (χ2n) is 6.25. The highest BCUT2D eigenvalue weighted by Gasteiger charge is 2.21. The lowest BCUT2D eigenvalue weighted by Crippen LogP contribution is -2.44. The van der Waals surface area contributed by atoms with Crippen molar-refractivity contribution in [3.05, 3.63) is 47.5 Å². The number of aromatic nitrogens is 4. The Bertz CT molecular complexity index is 870. The second kappa shape index (κ2) is 7.20. The first-order valence-corrected chi connectivity index (χ1v) is 8.54. The van der Waals surface area contributed by atoms with Gasteiger partial charge in [0.1, 0.15) is 12.7 Å². The van der Waals surface area contributed by atoms with Gasteiger partial charge in [-0.15, -0.1) is 0 Å². The number of para-hydroxylation sites is 2. The van der Waals surface area contributed by atoms with E-state index in [2.05, 4.69) is 15.0 Å². The van der Waals surface area contributed by atoms with E-state index in [0.717, 1.165) is 31.6 Å². The number of fused-ring (bicyclic) bond motifs is 1. The third-order valence-electron chi connectivity index (χ3n) is 4.51. The minimum absolute atomic E-state index is 0.118. The topological polar surface area (TPSA) is 78.3 Å². The van der Waals surface area contributed by atoms with Crippen LogP contribution in [0.25, 0.3) is 11.1 Å². The van der Waals surface area contributed by atoms with E-state index in [-0.39, 0.29) is 11.9 Å². The number of morpholine rings is 1. The molecule has 25 heavy (non-hydrogen) atoms. The minimum Gasteiger partial charge on any atom is -0.408 e. The Labute approximate surface area is 144 Å². The van der Waals surface area contributed by atoms with Crippen LogP contribution in [0.1, 0.15) is 6.42 Å². The third-order valence-corrected chi connectivity index (χ3v) is 4.51. The van der Waals surface area contributed by atoms with Gasteiger partial charge in [0.25, 0.3) is 0 Å². The SMILES string of the molecule is O=c1oc2ccccc2n1CCCN1CCOC(Cn2cncn2)C1. The van der Waals surface area contributed by atoms with Crippen molar-refractivity contribution in [2.45, 2.75) is 25.6 Å². The molecule has 0 amide bonds. The predicted molar refractivity (Wildman–Crippen MR) is 91.3 cm³/mol. The zero-order valence-electron chi connectivity index (χ0n) is 14.0. The lowest BCUT2D eigenvalue weighted by molar-refractivity contribution is -0.0379. The summed E-state index contributed by atoms with van der Waals surface area (Å²) in [6.45, 7) is 4.77. The number of aryl methyl sites for hydroxylation is 1. The first-order valence-electron chi connectivity index (χ1n) is 8.54. The van der Waals surface area contributed by atoms with Crippen LogP contribution in [0.4, 0.5) is 0 Å². The number of oxazole rings is 1. The number of nitrogens with zero attached hydrogens (tertiary/aromatic N) is 5. The molecule has 3 heterocycles. The van der Waals surface area contributed by atoms with Crippen LogP contribution in [0.15, 0.2) is 46.1 Å². The molecule has 1 unspecified atom stereocenters. The molecular weight excluding hydrogens is 322 g/mol. The smallest absolute Gasteiger partial charge is 0.408 e. The van der Waals surface area contributed by atoms with Crippen molar-refractivity contribution in [1.82, 2.24) is 24.2 Å².